The van der Waals surface area contributed by atoms with E-state index in [9.17, 15) is 14.4 Å². The van der Waals surface area contributed by atoms with Gasteiger partial charge < -0.3 is 20.5 Å². The number of carbonyl (C=O) groups is 3. The van der Waals surface area contributed by atoms with Crippen molar-refractivity contribution >= 4 is 17.8 Å². The standard InChI is InChI=1S/C18H24N2O5/c1-12-3-4-14(9-13(12)2)17(24)19-11-15(21)20-18(10-16(22)23)5-7-25-8-6-18/h3-4,9H,5-8,10-11H2,1-2H3,(H,19,24)(H,20,21)(H,22,23). The molecule has 0 spiro atoms. The number of ether oxygens (including phenoxy) is 1. The molecule has 0 aliphatic carbocycles. The Kier molecular flexibility index (Phi) is 6.14. The number of carboxylic acids is 1. The van der Waals surface area contributed by atoms with Gasteiger partial charge in [0.25, 0.3) is 5.91 Å². The van der Waals surface area contributed by atoms with E-state index in [2.05, 4.69) is 10.6 Å². The molecule has 3 N–H and O–H groups in total. The van der Waals surface area contributed by atoms with Gasteiger partial charge in [-0.2, -0.15) is 0 Å². The van der Waals surface area contributed by atoms with Crippen molar-refractivity contribution in [3.63, 3.8) is 0 Å². The van der Waals surface area contributed by atoms with Crippen molar-refractivity contribution in [1.82, 2.24) is 10.6 Å². The van der Waals surface area contributed by atoms with Gasteiger partial charge in [0.05, 0.1) is 18.5 Å². The number of hydrogen-bond donors (Lipinski definition) is 3. The van der Waals surface area contributed by atoms with Gasteiger partial charge in [-0.3, -0.25) is 14.4 Å². The molecule has 1 aliphatic rings. The summed E-state index contributed by atoms with van der Waals surface area (Å²) in [4.78, 5) is 35.5. The predicted octanol–water partition coefficient (Wildman–Crippen LogP) is 1.17. The Balaban J connectivity index is 1.93. The molecule has 2 amide bonds. The fourth-order valence-electron chi connectivity index (χ4n) is 2.88. The molecule has 2 rings (SSSR count). The maximum Gasteiger partial charge on any atom is 0.305 e. The molecule has 7 nitrogen and oxygen atoms in total. The zero-order chi connectivity index (χ0) is 18.4. The van der Waals surface area contributed by atoms with Gasteiger partial charge in [0.1, 0.15) is 0 Å². The van der Waals surface area contributed by atoms with E-state index in [4.69, 9.17) is 9.84 Å². The lowest BCUT2D eigenvalue weighted by atomic mass is 9.86. The third-order valence-corrected chi connectivity index (χ3v) is 4.52. The average Bonchev–Trinajstić information content (AvgIpc) is 2.55. The molecule has 25 heavy (non-hydrogen) atoms. The first kappa shape index (κ1) is 18.9. The van der Waals surface area contributed by atoms with Gasteiger partial charge in [0.2, 0.25) is 5.91 Å². The summed E-state index contributed by atoms with van der Waals surface area (Å²) in [7, 11) is 0. The molecule has 1 aromatic carbocycles. The van der Waals surface area contributed by atoms with Crippen LogP contribution in [0.25, 0.3) is 0 Å². The third kappa shape index (κ3) is 5.29. The smallest absolute Gasteiger partial charge is 0.305 e. The fraction of sp³-hybridized carbons (Fsp3) is 0.500. The summed E-state index contributed by atoms with van der Waals surface area (Å²) < 4.78 is 5.25. The van der Waals surface area contributed by atoms with E-state index in [0.717, 1.165) is 11.1 Å². The van der Waals surface area contributed by atoms with E-state index in [-0.39, 0.29) is 18.9 Å². The number of rotatable bonds is 6. The molecule has 0 saturated carbocycles. The number of hydrogen-bond acceptors (Lipinski definition) is 4. The number of carbonyl (C=O) groups excluding carboxylic acids is 2. The summed E-state index contributed by atoms with van der Waals surface area (Å²) >= 11 is 0. The fourth-order valence-corrected chi connectivity index (χ4v) is 2.88. The lowest BCUT2D eigenvalue weighted by Gasteiger charge is -2.36. The first-order chi connectivity index (χ1) is 11.8. The summed E-state index contributed by atoms with van der Waals surface area (Å²) in [5.41, 5.74) is 1.76. The summed E-state index contributed by atoms with van der Waals surface area (Å²) in [6.45, 7) is 4.49. The van der Waals surface area contributed by atoms with Gasteiger partial charge >= 0.3 is 5.97 Å². The van der Waals surface area contributed by atoms with Crippen LogP contribution < -0.4 is 10.6 Å². The van der Waals surface area contributed by atoms with Crippen molar-refractivity contribution in [1.29, 1.82) is 0 Å². The molecular formula is C18H24N2O5. The zero-order valence-electron chi connectivity index (χ0n) is 14.6. The van der Waals surface area contributed by atoms with Crippen LogP contribution in [-0.4, -0.2) is 48.2 Å². The van der Waals surface area contributed by atoms with Gasteiger partial charge in [-0.1, -0.05) is 6.07 Å². The van der Waals surface area contributed by atoms with Gasteiger partial charge in [0.15, 0.2) is 0 Å². The third-order valence-electron chi connectivity index (χ3n) is 4.52. The Labute approximate surface area is 146 Å². The van der Waals surface area contributed by atoms with Crippen LogP contribution in [0, 0.1) is 13.8 Å². The Morgan fingerprint density at radius 2 is 1.84 bits per heavy atom. The monoisotopic (exact) mass is 348 g/mol. The number of benzene rings is 1. The molecule has 1 aliphatic heterocycles. The van der Waals surface area contributed by atoms with Crippen LogP contribution in [0.3, 0.4) is 0 Å². The van der Waals surface area contributed by atoms with Crippen molar-refractivity contribution in [2.24, 2.45) is 0 Å². The minimum Gasteiger partial charge on any atom is -0.481 e. The topological polar surface area (TPSA) is 105 Å². The molecule has 0 atom stereocenters. The van der Waals surface area contributed by atoms with Crippen molar-refractivity contribution in [3.05, 3.63) is 34.9 Å². The quantitative estimate of drug-likeness (QED) is 0.716. The number of aliphatic carboxylic acids is 1. The van der Waals surface area contributed by atoms with Crippen LogP contribution >= 0.6 is 0 Å². The van der Waals surface area contributed by atoms with Crippen LogP contribution in [0.5, 0.6) is 0 Å². The molecule has 1 aromatic rings. The van der Waals surface area contributed by atoms with Crippen LogP contribution in [0.2, 0.25) is 0 Å². The van der Waals surface area contributed by atoms with Crippen molar-refractivity contribution in [2.75, 3.05) is 19.8 Å². The molecular weight excluding hydrogens is 324 g/mol. The van der Waals surface area contributed by atoms with Gasteiger partial charge in [-0.25, -0.2) is 0 Å². The van der Waals surface area contributed by atoms with E-state index in [0.29, 0.717) is 31.6 Å². The normalized spacial score (nSPS) is 16.1. The second-order valence-electron chi connectivity index (χ2n) is 6.49. The van der Waals surface area contributed by atoms with E-state index < -0.39 is 17.4 Å². The molecule has 0 aromatic heterocycles. The van der Waals surface area contributed by atoms with Crippen LogP contribution in [0.4, 0.5) is 0 Å². The van der Waals surface area contributed by atoms with Crippen LogP contribution in [0.15, 0.2) is 18.2 Å². The largest absolute Gasteiger partial charge is 0.481 e. The molecule has 136 valence electrons. The maximum atomic E-state index is 12.2. The van der Waals surface area contributed by atoms with Gasteiger partial charge in [0, 0.05) is 18.8 Å². The summed E-state index contributed by atoms with van der Waals surface area (Å²) in [5.74, 6) is -1.71. The molecule has 0 unspecified atom stereocenters. The summed E-state index contributed by atoms with van der Waals surface area (Å²) in [6, 6.07) is 5.33. The van der Waals surface area contributed by atoms with E-state index in [1.54, 1.807) is 12.1 Å². The Morgan fingerprint density at radius 3 is 2.44 bits per heavy atom. The van der Waals surface area contributed by atoms with E-state index in [1.807, 2.05) is 19.9 Å². The molecule has 1 fully saturated rings. The Hall–Kier alpha value is -2.41. The molecule has 0 bridgehead atoms. The maximum absolute atomic E-state index is 12.2. The lowest BCUT2D eigenvalue weighted by molar-refractivity contribution is -0.140. The van der Waals surface area contributed by atoms with Gasteiger partial charge in [-0.15, -0.1) is 0 Å². The van der Waals surface area contributed by atoms with Crippen molar-refractivity contribution < 1.29 is 24.2 Å². The molecule has 1 heterocycles. The van der Waals surface area contributed by atoms with E-state index in [1.165, 1.54) is 0 Å². The number of amides is 2. The predicted molar refractivity (Wildman–Crippen MR) is 91.4 cm³/mol. The number of nitrogens with one attached hydrogen (secondary N) is 2. The lowest BCUT2D eigenvalue weighted by Crippen LogP contribution is -2.55. The highest BCUT2D eigenvalue weighted by atomic mass is 16.5. The summed E-state index contributed by atoms with van der Waals surface area (Å²) in [5, 5.41) is 14.4. The van der Waals surface area contributed by atoms with Crippen LogP contribution in [0.1, 0.15) is 40.7 Å². The molecule has 0 radical (unpaired) electrons. The Morgan fingerprint density at radius 1 is 1.16 bits per heavy atom. The van der Waals surface area contributed by atoms with E-state index >= 15 is 0 Å². The second-order valence-corrected chi connectivity index (χ2v) is 6.49. The van der Waals surface area contributed by atoms with Crippen molar-refractivity contribution in [2.45, 2.75) is 38.6 Å². The highest BCUT2D eigenvalue weighted by molar-refractivity contribution is 5.96. The average molecular weight is 348 g/mol. The molecule has 7 heteroatoms. The zero-order valence-corrected chi connectivity index (χ0v) is 14.6. The Bertz CT molecular complexity index is 665. The minimum absolute atomic E-state index is 0.160. The van der Waals surface area contributed by atoms with Crippen LogP contribution in [-0.2, 0) is 14.3 Å². The molecule has 1 saturated heterocycles. The summed E-state index contributed by atoms with van der Waals surface area (Å²) in [6.07, 6.45) is 0.722. The minimum atomic E-state index is -0.971. The first-order valence-electron chi connectivity index (χ1n) is 8.27. The van der Waals surface area contributed by atoms with Crippen molar-refractivity contribution in [3.8, 4) is 0 Å². The highest BCUT2D eigenvalue weighted by Gasteiger charge is 2.36. The SMILES string of the molecule is Cc1ccc(C(=O)NCC(=O)NC2(CC(=O)O)CCOCC2)cc1C. The first-order valence-corrected chi connectivity index (χ1v) is 8.27. The second kappa shape index (κ2) is 8.11. The highest BCUT2D eigenvalue weighted by Crippen LogP contribution is 2.24. The number of aryl methyl sites for hydroxylation is 2. The number of carboxylic acid groups (broad SMARTS) is 1. The van der Waals surface area contributed by atoms with Gasteiger partial charge in [-0.05, 0) is 49.9 Å².